The molecule has 0 spiro atoms. The third kappa shape index (κ3) is 3.06. The number of hydrogen-bond donors (Lipinski definition) is 0. The highest BCUT2D eigenvalue weighted by atomic mass is 32.2. The van der Waals surface area contributed by atoms with Crippen molar-refractivity contribution in [2.45, 2.75) is 25.3 Å². The van der Waals surface area contributed by atoms with Crippen LogP contribution in [0.4, 0.5) is 0 Å². The highest BCUT2D eigenvalue weighted by molar-refractivity contribution is 7.88. The molecule has 0 saturated carbocycles. The van der Waals surface area contributed by atoms with Gasteiger partial charge in [-0.05, 0) is 18.9 Å². The Morgan fingerprint density at radius 2 is 2.06 bits per heavy atom. The van der Waals surface area contributed by atoms with Crippen LogP contribution in [0.15, 0.2) is 30.3 Å². The second-order valence-corrected chi connectivity index (χ2v) is 6.10. The van der Waals surface area contributed by atoms with Gasteiger partial charge in [-0.15, -0.1) is 0 Å². The van der Waals surface area contributed by atoms with Crippen LogP contribution in [0.1, 0.15) is 18.9 Å². The van der Waals surface area contributed by atoms with E-state index in [9.17, 15) is 8.42 Å². The standard InChI is InChI=1S/C12H17NO3S/c1-11-13(8-5-9-16-11)17(14,15)10-12-6-3-2-4-7-12/h2-4,6-7,11H,5,8-10H2,1H3. The van der Waals surface area contributed by atoms with Gasteiger partial charge in [0.05, 0.1) is 5.75 Å². The van der Waals surface area contributed by atoms with Crippen LogP contribution >= 0.6 is 0 Å². The number of sulfonamides is 1. The summed E-state index contributed by atoms with van der Waals surface area (Å²) in [5.74, 6) is 0.0432. The van der Waals surface area contributed by atoms with Crippen LogP contribution in [0.3, 0.4) is 0 Å². The maximum atomic E-state index is 12.2. The molecule has 0 N–H and O–H groups in total. The molecule has 1 atom stereocenters. The zero-order valence-corrected chi connectivity index (χ0v) is 10.7. The van der Waals surface area contributed by atoms with E-state index in [-0.39, 0.29) is 12.0 Å². The molecule has 1 aromatic carbocycles. The summed E-state index contributed by atoms with van der Waals surface area (Å²) in [7, 11) is -3.28. The van der Waals surface area contributed by atoms with E-state index in [4.69, 9.17) is 4.74 Å². The summed E-state index contributed by atoms with van der Waals surface area (Å²) < 4.78 is 31.2. The summed E-state index contributed by atoms with van der Waals surface area (Å²) >= 11 is 0. The zero-order valence-electron chi connectivity index (χ0n) is 9.87. The lowest BCUT2D eigenvalue weighted by molar-refractivity contribution is -0.0411. The second-order valence-electron chi connectivity index (χ2n) is 4.18. The van der Waals surface area contributed by atoms with Crippen molar-refractivity contribution in [2.75, 3.05) is 13.2 Å². The third-order valence-corrected chi connectivity index (χ3v) is 4.73. The molecule has 0 radical (unpaired) electrons. The van der Waals surface area contributed by atoms with Crippen LogP contribution < -0.4 is 0 Å². The van der Waals surface area contributed by atoms with Crippen molar-refractivity contribution < 1.29 is 13.2 Å². The first kappa shape index (κ1) is 12.5. The van der Waals surface area contributed by atoms with Gasteiger partial charge in [-0.25, -0.2) is 8.42 Å². The Morgan fingerprint density at radius 3 is 2.71 bits per heavy atom. The van der Waals surface area contributed by atoms with E-state index in [1.165, 1.54) is 4.31 Å². The van der Waals surface area contributed by atoms with E-state index in [2.05, 4.69) is 0 Å². The number of hydrogen-bond acceptors (Lipinski definition) is 3. The van der Waals surface area contributed by atoms with E-state index < -0.39 is 10.0 Å². The molecule has 17 heavy (non-hydrogen) atoms. The summed E-state index contributed by atoms with van der Waals surface area (Å²) in [6.07, 6.45) is 0.413. The second kappa shape index (κ2) is 5.16. The van der Waals surface area contributed by atoms with Crippen molar-refractivity contribution in [3.05, 3.63) is 35.9 Å². The van der Waals surface area contributed by atoms with Gasteiger partial charge >= 0.3 is 0 Å². The van der Waals surface area contributed by atoms with Gasteiger partial charge in [-0.3, -0.25) is 0 Å². The van der Waals surface area contributed by atoms with Gasteiger partial charge in [0.1, 0.15) is 6.23 Å². The highest BCUT2D eigenvalue weighted by Gasteiger charge is 2.30. The molecule has 1 aliphatic rings. The quantitative estimate of drug-likeness (QED) is 0.824. The molecule has 0 aromatic heterocycles. The Hall–Kier alpha value is -0.910. The molecule has 94 valence electrons. The fourth-order valence-electron chi connectivity index (χ4n) is 1.97. The van der Waals surface area contributed by atoms with Crippen LogP contribution in [-0.2, 0) is 20.5 Å². The average molecular weight is 255 g/mol. The Kier molecular flexibility index (Phi) is 3.81. The summed E-state index contributed by atoms with van der Waals surface area (Å²) in [5.41, 5.74) is 0.810. The molecule has 0 aliphatic carbocycles. The lowest BCUT2D eigenvalue weighted by Crippen LogP contribution is -2.45. The fraction of sp³-hybridized carbons (Fsp3) is 0.500. The summed E-state index contributed by atoms with van der Waals surface area (Å²) in [6.45, 7) is 2.97. The smallest absolute Gasteiger partial charge is 0.220 e. The maximum absolute atomic E-state index is 12.2. The van der Waals surface area contributed by atoms with E-state index in [0.29, 0.717) is 13.2 Å². The van der Waals surface area contributed by atoms with Crippen molar-refractivity contribution in [2.24, 2.45) is 0 Å². The van der Waals surface area contributed by atoms with Crippen molar-refractivity contribution in [1.29, 1.82) is 0 Å². The lowest BCUT2D eigenvalue weighted by atomic mass is 10.2. The van der Waals surface area contributed by atoms with Gasteiger partial charge in [-0.1, -0.05) is 30.3 Å². The Bertz CT molecular complexity index is 458. The first-order valence-corrected chi connectivity index (χ1v) is 7.35. The van der Waals surface area contributed by atoms with Crippen LogP contribution in [0.5, 0.6) is 0 Å². The van der Waals surface area contributed by atoms with Gasteiger partial charge < -0.3 is 4.74 Å². The molecule has 4 nitrogen and oxygen atoms in total. The highest BCUT2D eigenvalue weighted by Crippen LogP contribution is 2.18. The monoisotopic (exact) mass is 255 g/mol. The molecule has 1 aliphatic heterocycles. The van der Waals surface area contributed by atoms with Crippen molar-refractivity contribution in [1.82, 2.24) is 4.31 Å². The molecular formula is C12H17NO3S. The van der Waals surface area contributed by atoms with Crippen molar-refractivity contribution >= 4 is 10.0 Å². The minimum absolute atomic E-state index is 0.0432. The number of nitrogens with zero attached hydrogens (tertiary/aromatic N) is 1. The van der Waals surface area contributed by atoms with E-state index >= 15 is 0 Å². The molecule has 2 rings (SSSR count). The zero-order chi connectivity index (χ0) is 12.3. The van der Waals surface area contributed by atoms with Crippen molar-refractivity contribution in [3.8, 4) is 0 Å². The van der Waals surface area contributed by atoms with Gasteiger partial charge in [0.15, 0.2) is 0 Å². The molecule has 0 bridgehead atoms. The van der Waals surface area contributed by atoms with E-state index in [1.807, 2.05) is 30.3 Å². The number of rotatable bonds is 3. The molecule has 1 heterocycles. The molecule has 0 amide bonds. The van der Waals surface area contributed by atoms with Crippen LogP contribution in [-0.4, -0.2) is 32.1 Å². The van der Waals surface area contributed by atoms with Crippen molar-refractivity contribution in [3.63, 3.8) is 0 Å². The summed E-state index contributed by atoms with van der Waals surface area (Å²) in [4.78, 5) is 0. The molecule has 5 heteroatoms. The van der Waals surface area contributed by atoms with Crippen LogP contribution in [0, 0.1) is 0 Å². The Labute approximate surface area is 102 Å². The van der Waals surface area contributed by atoms with Gasteiger partial charge in [0.2, 0.25) is 10.0 Å². The van der Waals surface area contributed by atoms with E-state index in [1.54, 1.807) is 6.92 Å². The van der Waals surface area contributed by atoms with Gasteiger partial charge in [0, 0.05) is 13.2 Å². The minimum Gasteiger partial charge on any atom is -0.362 e. The summed E-state index contributed by atoms with van der Waals surface area (Å²) in [5, 5.41) is 0. The first-order chi connectivity index (χ1) is 8.09. The fourth-order valence-corrected chi connectivity index (χ4v) is 3.67. The number of ether oxygens (including phenoxy) is 1. The van der Waals surface area contributed by atoms with Gasteiger partial charge in [0.25, 0.3) is 0 Å². The largest absolute Gasteiger partial charge is 0.362 e. The average Bonchev–Trinajstić information content (AvgIpc) is 2.30. The molecular weight excluding hydrogens is 238 g/mol. The van der Waals surface area contributed by atoms with Crippen LogP contribution in [0.25, 0.3) is 0 Å². The lowest BCUT2D eigenvalue weighted by Gasteiger charge is -2.32. The van der Waals surface area contributed by atoms with Crippen LogP contribution in [0.2, 0.25) is 0 Å². The summed E-state index contributed by atoms with van der Waals surface area (Å²) in [6, 6.07) is 9.23. The van der Waals surface area contributed by atoms with E-state index in [0.717, 1.165) is 12.0 Å². The minimum atomic E-state index is -3.28. The topological polar surface area (TPSA) is 46.6 Å². The number of benzene rings is 1. The Balaban J connectivity index is 2.13. The molecule has 1 saturated heterocycles. The molecule has 1 aromatic rings. The normalized spacial score (nSPS) is 22.5. The van der Waals surface area contributed by atoms with Gasteiger partial charge in [-0.2, -0.15) is 4.31 Å². The maximum Gasteiger partial charge on any atom is 0.220 e. The third-order valence-electron chi connectivity index (χ3n) is 2.84. The molecule has 1 fully saturated rings. The SMILES string of the molecule is CC1OCCCN1S(=O)(=O)Cc1ccccc1. The molecule has 1 unspecified atom stereocenters. The predicted octanol–water partition coefficient (Wildman–Crippen LogP) is 1.58. The Morgan fingerprint density at radius 1 is 1.35 bits per heavy atom. The predicted molar refractivity (Wildman–Crippen MR) is 65.8 cm³/mol. The first-order valence-electron chi connectivity index (χ1n) is 5.74.